The first kappa shape index (κ1) is 18.3. The molecule has 0 saturated heterocycles. The van der Waals surface area contributed by atoms with Crippen LogP contribution in [0, 0.1) is 0 Å². The number of hydrogen-bond acceptors (Lipinski definition) is 4. The maximum absolute atomic E-state index is 12.2. The van der Waals surface area contributed by atoms with Crippen LogP contribution >= 0.6 is 11.8 Å². The number of imidazole rings is 1. The zero-order chi connectivity index (χ0) is 17.7. The molecule has 2 rings (SSSR count). The Hall–Kier alpha value is -2.02. The highest BCUT2D eigenvalue weighted by Gasteiger charge is 2.16. The minimum absolute atomic E-state index is 0.0414. The number of carbonyl (C=O) groups is 2. The van der Waals surface area contributed by atoms with Gasteiger partial charge in [0.15, 0.2) is 5.16 Å². The number of carbonyl (C=O) groups excluding carboxylic acids is 2. The van der Waals surface area contributed by atoms with E-state index in [1.807, 2.05) is 56.5 Å². The van der Waals surface area contributed by atoms with Crippen molar-refractivity contribution in [2.24, 2.45) is 0 Å². The number of aromatic nitrogens is 2. The van der Waals surface area contributed by atoms with Crippen molar-refractivity contribution >= 4 is 34.6 Å². The number of amides is 2. The van der Waals surface area contributed by atoms with Crippen LogP contribution in [0.25, 0.3) is 11.0 Å². The molecular formula is C17H24N4O2S. The Labute approximate surface area is 146 Å². The first-order chi connectivity index (χ1) is 11.4. The summed E-state index contributed by atoms with van der Waals surface area (Å²) in [7, 11) is 0. The summed E-state index contributed by atoms with van der Waals surface area (Å²) in [6.07, 6.45) is 0. The Morgan fingerprint density at radius 3 is 2.38 bits per heavy atom. The Balaban J connectivity index is 2.20. The van der Waals surface area contributed by atoms with Gasteiger partial charge in [0.25, 0.3) is 0 Å². The highest BCUT2D eigenvalue weighted by atomic mass is 32.2. The van der Waals surface area contributed by atoms with Gasteiger partial charge >= 0.3 is 0 Å². The van der Waals surface area contributed by atoms with Crippen molar-refractivity contribution in [2.75, 3.05) is 5.75 Å². The number of hydrogen-bond donors (Lipinski definition) is 2. The SMILES string of the molecule is CC(C)NC(=O)CSc1nc2ccccc2n1CC(=O)NC(C)C. The fourth-order valence-corrected chi connectivity index (χ4v) is 3.15. The number of rotatable bonds is 7. The van der Waals surface area contributed by atoms with E-state index in [9.17, 15) is 9.59 Å². The van der Waals surface area contributed by atoms with Gasteiger partial charge in [0.05, 0.1) is 16.8 Å². The summed E-state index contributed by atoms with van der Waals surface area (Å²) in [5.74, 6) is 0.162. The highest BCUT2D eigenvalue weighted by molar-refractivity contribution is 7.99. The normalized spacial score (nSPS) is 11.2. The first-order valence-electron chi connectivity index (χ1n) is 8.03. The molecule has 2 amide bonds. The second-order valence-corrected chi connectivity index (χ2v) is 7.14. The van der Waals surface area contributed by atoms with Gasteiger partial charge in [0.2, 0.25) is 11.8 Å². The van der Waals surface area contributed by atoms with Gasteiger partial charge < -0.3 is 15.2 Å². The summed E-state index contributed by atoms with van der Waals surface area (Å²) < 4.78 is 1.86. The average Bonchev–Trinajstić information content (AvgIpc) is 2.82. The molecule has 1 aromatic carbocycles. The van der Waals surface area contributed by atoms with Crippen molar-refractivity contribution in [2.45, 2.75) is 51.5 Å². The Morgan fingerprint density at radius 1 is 1.08 bits per heavy atom. The van der Waals surface area contributed by atoms with Crippen LogP contribution in [0.2, 0.25) is 0 Å². The van der Waals surface area contributed by atoms with Crippen LogP contribution in [0.15, 0.2) is 29.4 Å². The lowest BCUT2D eigenvalue weighted by atomic mass is 10.3. The molecule has 0 atom stereocenters. The molecule has 0 unspecified atom stereocenters. The Kier molecular flexibility index (Phi) is 6.25. The molecule has 24 heavy (non-hydrogen) atoms. The Bertz CT molecular complexity index is 724. The van der Waals surface area contributed by atoms with Gasteiger partial charge in [-0.05, 0) is 39.8 Å². The molecule has 7 heteroatoms. The van der Waals surface area contributed by atoms with Crippen LogP contribution in [0.4, 0.5) is 0 Å². The van der Waals surface area contributed by atoms with Gasteiger partial charge in [-0.1, -0.05) is 23.9 Å². The topological polar surface area (TPSA) is 76.0 Å². The van der Waals surface area contributed by atoms with Gasteiger partial charge in [0, 0.05) is 12.1 Å². The van der Waals surface area contributed by atoms with Gasteiger partial charge in [-0.3, -0.25) is 9.59 Å². The molecule has 0 aliphatic carbocycles. The van der Waals surface area contributed by atoms with E-state index in [0.29, 0.717) is 5.16 Å². The fourth-order valence-electron chi connectivity index (χ4n) is 2.32. The zero-order valence-corrected chi connectivity index (χ0v) is 15.3. The van der Waals surface area contributed by atoms with Crippen molar-refractivity contribution in [3.8, 4) is 0 Å². The highest BCUT2D eigenvalue weighted by Crippen LogP contribution is 2.24. The summed E-state index contributed by atoms with van der Waals surface area (Å²) in [6.45, 7) is 7.89. The summed E-state index contributed by atoms with van der Waals surface area (Å²) in [5, 5.41) is 6.42. The maximum atomic E-state index is 12.2. The smallest absolute Gasteiger partial charge is 0.240 e. The molecule has 130 valence electrons. The molecule has 0 saturated carbocycles. The number of fused-ring (bicyclic) bond motifs is 1. The van der Waals surface area contributed by atoms with E-state index in [4.69, 9.17) is 0 Å². The molecule has 1 aromatic heterocycles. The van der Waals surface area contributed by atoms with Crippen LogP contribution in [0.3, 0.4) is 0 Å². The molecule has 0 fully saturated rings. The second-order valence-electron chi connectivity index (χ2n) is 6.20. The molecule has 0 aliphatic rings. The third-order valence-electron chi connectivity index (χ3n) is 3.15. The molecule has 0 radical (unpaired) electrons. The van der Waals surface area contributed by atoms with Crippen LogP contribution in [-0.4, -0.2) is 39.2 Å². The Morgan fingerprint density at radius 2 is 1.71 bits per heavy atom. The van der Waals surface area contributed by atoms with Crippen molar-refractivity contribution in [3.63, 3.8) is 0 Å². The van der Waals surface area contributed by atoms with E-state index in [1.54, 1.807) is 0 Å². The van der Waals surface area contributed by atoms with E-state index < -0.39 is 0 Å². The monoisotopic (exact) mass is 348 g/mol. The molecule has 6 nitrogen and oxygen atoms in total. The van der Waals surface area contributed by atoms with Crippen LogP contribution in [0.5, 0.6) is 0 Å². The second kappa shape index (κ2) is 8.19. The van der Waals surface area contributed by atoms with Gasteiger partial charge in [-0.25, -0.2) is 4.98 Å². The number of thioether (sulfide) groups is 1. The minimum Gasteiger partial charge on any atom is -0.353 e. The van der Waals surface area contributed by atoms with Gasteiger partial charge in [-0.2, -0.15) is 0 Å². The number of para-hydroxylation sites is 2. The third-order valence-corrected chi connectivity index (χ3v) is 4.13. The van der Waals surface area contributed by atoms with Crippen LogP contribution in [0.1, 0.15) is 27.7 Å². The average molecular weight is 348 g/mol. The largest absolute Gasteiger partial charge is 0.353 e. The summed E-state index contributed by atoms with van der Waals surface area (Å²) in [4.78, 5) is 28.6. The number of benzene rings is 1. The summed E-state index contributed by atoms with van der Waals surface area (Å²) >= 11 is 1.34. The van der Waals surface area contributed by atoms with E-state index >= 15 is 0 Å². The van der Waals surface area contributed by atoms with E-state index in [1.165, 1.54) is 11.8 Å². The molecule has 1 heterocycles. The fraction of sp³-hybridized carbons (Fsp3) is 0.471. The summed E-state index contributed by atoms with van der Waals surface area (Å²) in [5.41, 5.74) is 1.71. The maximum Gasteiger partial charge on any atom is 0.240 e. The lowest BCUT2D eigenvalue weighted by molar-refractivity contribution is -0.122. The molecular weight excluding hydrogens is 324 g/mol. The quantitative estimate of drug-likeness (QED) is 0.752. The zero-order valence-electron chi connectivity index (χ0n) is 14.5. The minimum atomic E-state index is -0.0679. The lowest BCUT2D eigenvalue weighted by Crippen LogP contribution is -2.33. The standard InChI is InChI=1S/C17H24N4O2S/c1-11(2)18-15(22)9-21-14-8-6-5-7-13(14)20-17(21)24-10-16(23)19-12(3)4/h5-8,11-12H,9-10H2,1-4H3,(H,18,22)(H,19,23). The number of nitrogens with zero attached hydrogens (tertiary/aromatic N) is 2. The van der Waals surface area contributed by atoms with Crippen LogP contribution < -0.4 is 10.6 Å². The molecule has 0 aliphatic heterocycles. The number of nitrogens with one attached hydrogen (secondary N) is 2. The molecule has 2 aromatic rings. The molecule has 0 bridgehead atoms. The first-order valence-corrected chi connectivity index (χ1v) is 9.02. The van der Waals surface area contributed by atoms with Crippen molar-refractivity contribution in [1.82, 2.24) is 20.2 Å². The van der Waals surface area contributed by atoms with E-state index in [-0.39, 0.29) is 36.2 Å². The van der Waals surface area contributed by atoms with Gasteiger partial charge in [0.1, 0.15) is 6.54 Å². The summed E-state index contributed by atoms with van der Waals surface area (Å²) in [6, 6.07) is 7.86. The predicted molar refractivity (Wildman–Crippen MR) is 97.0 cm³/mol. The van der Waals surface area contributed by atoms with Crippen molar-refractivity contribution < 1.29 is 9.59 Å². The predicted octanol–water partition coefficient (Wildman–Crippen LogP) is 2.18. The van der Waals surface area contributed by atoms with Crippen LogP contribution in [-0.2, 0) is 16.1 Å². The third kappa shape index (κ3) is 4.99. The lowest BCUT2D eigenvalue weighted by Gasteiger charge is -2.12. The molecule has 2 N–H and O–H groups in total. The van der Waals surface area contributed by atoms with E-state index in [0.717, 1.165) is 11.0 Å². The van der Waals surface area contributed by atoms with Crippen molar-refractivity contribution in [1.29, 1.82) is 0 Å². The van der Waals surface area contributed by atoms with Gasteiger partial charge in [-0.15, -0.1) is 0 Å². The van der Waals surface area contributed by atoms with E-state index in [2.05, 4.69) is 15.6 Å². The molecule has 0 spiro atoms. The van der Waals surface area contributed by atoms with Crippen molar-refractivity contribution in [3.05, 3.63) is 24.3 Å².